The minimum atomic E-state index is -1.74. The van der Waals surface area contributed by atoms with E-state index in [0.717, 1.165) is 12.0 Å². The number of aliphatic carboxylic acids is 1. The van der Waals surface area contributed by atoms with E-state index in [1.54, 1.807) is 25.3 Å². The van der Waals surface area contributed by atoms with Crippen LogP contribution in [0.4, 0.5) is 0 Å². The van der Waals surface area contributed by atoms with Gasteiger partial charge in [0.05, 0.1) is 7.11 Å². The van der Waals surface area contributed by atoms with Crippen molar-refractivity contribution in [2.75, 3.05) is 7.11 Å². The molecule has 0 saturated heterocycles. The van der Waals surface area contributed by atoms with E-state index < -0.39 is 11.6 Å². The quantitative estimate of drug-likeness (QED) is 0.791. The van der Waals surface area contributed by atoms with Gasteiger partial charge < -0.3 is 14.9 Å². The lowest BCUT2D eigenvalue weighted by Gasteiger charge is -2.30. The minimum absolute atomic E-state index is 0.266. The predicted molar refractivity (Wildman–Crippen MR) is 57.5 cm³/mol. The summed E-state index contributed by atoms with van der Waals surface area (Å²) in [5.41, 5.74) is -0.387. The van der Waals surface area contributed by atoms with E-state index in [9.17, 15) is 9.90 Å². The Morgan fingerprint density at radius 2 is 2.25 bits per heavy atom. The molecule has 0 saturated carbocycles. The lowest BCUT2D eigenvalue weighted by atomic mass is 9.79. The fourth-order valence-electron chi connectivity index (χ4n) is 2.20. The van der Waals surface area contributed by atoms with Crippen LogP contribution in [0.15, 0.2) is 18.2 Å². The van der Waals surface area contributed by atoms with Gasteiger partial charge in [-0.1, -0.05) is 6.07 Å². The zero-order valence-electron chi connectivity index (χ0n) is 9.06. The van der Waals surface area contributed by atoms with Crippen LogP contribution < -0.4 is 4.74 Å². The summed E-state index contributed by atoms with van der Waals surface area (Å²) in [5, 5.41) is 19.2. The first kappa shape index (κ1) is 11.0. The first-order valence-corrected chi connectivity index (χ1v) is 5.21. The van der Waals surface area contributed by atoms with Gasteiger partial charge in [-0.25, -0.2) is 4.79 Å². The molecule has 2 N–H and O–H groups in total. The highest BCUT2D eigenvalue weighted by molar-refractivity contribution is 5.80. The fourth-order valence-corrected chi connectivity index (χ4v) is 2.20. The molecule has 86 valence electrons. The molecule has 1 atom stereocenters. The lowest BCUT2D eigenvalue weighted by Crippen LogP contribution is -2.38. The summed E-state index contributed by atoms with van der Waals surface area (Å²) < 4.78 is 5.08. The van der Waals surface area contributed by atoms with Crippen molar-refractivity contribution in [2.45, 2.75) is 24.9 Å². The van der Waals surface area contributed by atoms with Gasteiger partial charge >= 0.3 is 5.97 Å². The van der Waals surface area contributed by atoms with Crippen LogP contribution in [0.25, 0.3) is 0 Å². The van der Waals surface area contributed by atoms with Crippen LogP contribution in [0.1, 0.15) is 24.0 Å². The average molecular weight is 222 g/mol. The lowest BCUT2D eigenvalue weighted by molar-refractivity contribution is -0.161. The fraction of sp³-hybridized carbons (Fsp3) is 0.417. The van der Waals surface area contributed by atoms with Gasteiger partial charge in [-0.15, -0.1) is 0 Å². The van der Waals surface area contributed by atoms with E-state index in [1.165, 1.54) is 0 Å². The Balaban J connectivity index is 2.51. The Morgan fingerprint density at radius 1 is 1.50 bits per heavy atom. The second-order valence-corrected chi connectivity index (χ2v) is 4.04. The maximum atomic E-state index is 11.1. The average Bonchev–Trinajstić information content (AvgIpc) is 2.28. The summed E-state index contributed by atoms with van der Waals surface area (Å²) in [6.07, 6.45) is 1.72. The molecule has 4 nitrogen and oxygen atoms in total. The number of rotatable bonds is 2. The molecule has 0 radical (unpaired) electrons. The van der Waals surface area contributed by atoms with Crippen LogP contribution in [0, 0.1) is 0 Å². The maximum Gasteiger partial charge on any atom is 0.340 e. The van der Waals surface area contributed by atoms with E-state index in [-0.39, 0.29) is 6.42 Å². The number of methoxy groups -OCH3 is 1. The molecule has 4 heteroatoms. The number of hydrogen-bond donors (Lipinski definition) is 2. The number of carbonyl (C=O) groups is 1. The van der Waals surface area contributed by atoms with Gasteiger partial charge in [0.15, 0.2) is 5.60 Å². The van der Waals surface area contributed by atoms with Crippen LogP contribution in [0.2, 0.25) is 0 Å². The summed E-state index contributed by atoms with van der Waals surface area (Å²) in [6.45, 7) is 0. The summed E-state index contributed by atoms with van der Waals surface area (Å²) in [6, 6.07) is 5.11. The third-order valence-electron chi connectivity index (χ3n) is 3.10. The highest BCUT2D eigenvalue weighted by Gasteiger charge is 2.41. The van der Waals surface area contributed by atoms with E-state index in [4.69, 9.17) is 9.84 Å². The Hall–Kier alpha value is -1.55. The zero-order chi connectivity index (χ0) is 11.8. The van der Waals surface area contributed by atoms with Crippen molar-refractivity contribution < 1.29 is 19.7 Å². The Kier molecular flexibility index (Phi) is 2.59. The maximum absolute atomic E-state index is 11.1. The van der Waals surface area contributed by atoms with Gasteiger partial charge in [-0.2, -0.15) is 0 Å². The predicted octanol–water partition coefficient (Wildman–Crippen LogP) is 1.30. The Labute approximate surface area is 93.5 Å². The molecule has 1 aromatic rings. The van der Waals surface area contributed by atoms with Crippen molar-refractivity contribution in [3.05, 3.63) is 29.3 Å². The van der Waals surface area contributed by atoms with Crippen molar-refractivity contribution in [1.29, 1.82) is 0 Å². The van der Waals surface area contributed by atoms with Crippen molar-refractivity contribution >= 4 is 5.97 Å². The van der Waals surface area contributed by atoms with Crippen LogP contribution in [0.3, 0.4) is 0 Å². The number of carboxylic acids is 1. The van der Waals surface area contributed by atoms with E-state index in [1.807, 2.05) is 0 Å². The van der Waals surface area contributed by atoms with Crippen LogP contribution >= 0.6 is 0 Å². The molecular formula is C12H14O4. The van der Waals surface area contributed by atoms with E-state index in [0.29, 0.717) is 17.7 Å². The Bertz CT molecular complexity index is 427. The number of benzene rings is 1. The van der Waals surface area contributed by atoms with Crippen molar-refractivity contribution in [1.82, 2.24) is 0 Å². The minimum Gasteiger partial charge on any atom is -0.497 e. The first-order valence-electron chi connectivity index (χ1n) is 5.21. The molecule has 0 heterocycles. The summed E-state index contributed by atoms with van der Waals surface area (Å²) >= 11 is 0. The molecule has 2 rings (SSSR count). The smallest absolute Gasteiger partial charge is 0.340 e. The molecule has 0 amide bonds. The second-order valence-electron chi connectivity index (χ2n) is 4.04. The van der Waals surface area contributed by atoms with E-state index >= 15 is 0 Å². The van der Waals surface area contributed by atoms with Crippen molar-refractivity contribution in [3.8, 4) is 5.75 Å². The summed E-state index contributed by atoms with van der Waals surface area (Å²) in [4.78, 5) is 11.1. The summed E-state index contributed by atoms with van der Waals surface area (Å²) in [5.74, 6) is -0.494. The van der Waals surface area contributed by atoms with Gasteiger partial charge in [0.25, 0.3) is 0 Å². The van der Waals surface area contributed by atoms with Gasteiger partial charge in [-0.05, 0) is 42.5 Å². The molecule has 16 heavy (non-hydrogen) atoms. The third-order valence-corrected chi connectivity index (χ3v) is 3.10. The normalized spacial score (nSPS) is 23.6. The standard InChI is InChI=1S/C12H14O4/c1-16-9-4-5-10-8(7-9)3-2-6-12(10,15)11(13)14/h4-5,7,15H,2-3,6H2,1H3,(H,13,14). The van der Waals surface area contributed by atoms with Gasteiger partial charge in [0.1, 0.15) is 5.75 Å². The van der Waals surface area contributed by atoms with Gasteiger partial charge in [-0.3, -0.25) is 0 Å². The van der Waals surface area contributed by atoms with Gasteiger partial charge in [0, 0.05) is 0 Å². The Morgan fingerprint density at radius 3 is 2.88 bits per heavy atom. The number of aryl methyl sites for hydroxylation is 1. The van der Waals surface area contributed by atoms with Crippen LogP contribution in [-0.4, -0.2) is 23.3 Å². The number of carboxylic acid groups (broad SMARTS) is 1. The highest BCUT2D eigenvalue weighted by atomic mass is 16.5. The molecule has 0 bridgehead atoms. The van der Waals surface area contributed by atoms with E-state index in [2.05, 4.69) is 0 Å². The zero-order valence-corrected chi connectivity index (χ0v) is 9.06. The number of fused-ring (bicyclic) bond motifs is 1. The number of aliphatic hydroxyl groups is 1. The van der Waals surface area contributed by atoms with Crippen molar-refractivity contribution in [2.24, 2.45) is 0 Å². The number of hydrogen-bond acceptors (Lipinski definition) is 3. The molecule has 1 aliphatic carbocycles. The first-order chi connectivity index (χ1) is 7.58. The van der Waals surface area contributed by atoms with Crippen LogP contribution in [0.5, 0.6) is 5.75 Å². The molecule has 1 unspecified atom stereocenters. The van der Waals surface area contributed by atoms with Gasteiger partial charge in [0.2, 0.25) is 0 Å². The van der Waals surface area contributed by atoms with Crippen molar-refractivity contribution in [3.63, 3.8) is 0 Å². The highest BCUT2D eigenvalue weighted by Crippen LogP contribution is 2.37. The SMILES string of the molecule is COc1ccc2c(c1)CCCC2(O)C(=O)O. The number of ether oxygens (including phenoxy) is 1. The monoisotopic (exact) mass is 222 g/mol. The molecule has 0 spiro atoms. The van der Waals surface area contributed by atoms with Crippen LogP contribution in [-0.2, 0) is 16.8 Å². The topological polar surface area (TPSA) is 66.8 Å². The summed E-state index contributed by atoms with van der Waals surface area (Å²) in [7, 11) is 1.56. The molecule has 1 aromatic carbocycles. The third kappa shape index (κ3) is 1.55. The molecule has 0 aromatic heterocycles. The molecular weight excluding hydrogens is 208 g/mol. The molecule has 0 fully saturated rings. The second kappa shape index (κ2) is 3.79. The largest absolute Gasteiger partial charge is 0.497 e. The molecule has 0 aliphatic heterocycles. The molecule has 1 aliphatic rings.